The van der Waals surface area contributed by atoms with E-state index >= 15 is 0 Å². The molecular weight excluding hydrogens is 344 g/mol. The van der Waals surface area contributed by atoms with Crippen LogP contribution in [0.15, 0.2) is 30.4 Å². The van der Waals surface area contributed by atoms with Crippen molar-refractivity contribution in [3.05, 3.63) is 41.5 Å². The molecule has 1 saturated heterocycles. The van der Waals surface area contributed by atoms with Gasteiger partial charge < -0.3 is 34.6 Å². The van der Waals surface area contributed by atoms with Crippen LogP contribution in [0.1, 0.15) is 22.8 Å². The van der Waals surface area contributed by atoms with Gasteiger partial charge in [0, 0.05) is 6.42 Å². The summed E-state index contributed by atoms with van der Waals surface area (Å²) in [6, 6.07) is 4.80. The number of hydrogen-bond acceptors (Lipinski definition) is 8. The van der Waals surface area contributed by atoms with Crippen molar-refractivity contribution in [3.63, 3.8) is 0 Å². The lowest BCUT2D eigenvalue weighted by Crippen LogP contribution is -2.59. The summed E-state index contributed by atoms with van der Waals surface area (Å²) in [5, 5.41) is 38.6. The Morgan fingerprint density at radius 1 is 1.27 bits per heavy atom. The number of hydrogen-bond donors (Lipinski definition) is 4. The van der Waals surface area contributed by atoms with Crippen LogP contribution in [0.2, 0.25) is 0 Å². The number of rotatable bonds is 4. The maximum Gasteiger partial charge on any atom is 0.340 e. The Bertz CT molecular complexity index is 700. The van der Waals surface area contributed by atoms with Crippen LogP contribution in [0, 0.1) is 0 Å². The Kier molecular flexibility index (Phi) is 5.31. The minimum atomic E-state index is -1.64. The highest BCUT2D eigenvalue weighted by atomic mass is 16.7. The molecule has 0 saturated carbocycles. The van der Waals surface area contributed by atoms with Crippen molar-refractivity contribution in [1.29, 1.82) is 0 Å². The lowest BCUT2D eigenvalue weighted by atomic mass is 9.99. The number of esters is 1. The minimum absolute atomic E-state index is 0.137. The molecule has 26 heavy (non-hydrogen) atoms. The summed E-state index contributed by atoms with van der Waals surface area (Å²) in [7, 11) is 0. The fourth-order valence-corrected chi connectivity index (χ4v) is 2.99. The lowest BCUT2D eigenvalue weighted by Gasteiger charge is -2.39. The fraction of sp³-hybridized carbons (Fsp3) is 0.500. The second kappa shape index (κ2) is 7.34. The van der Waals surface area contributed by atoms with Gasteiger partial charge in [0.25, 0.3) is 0 Å². The van der Waals surface area contributed by atoms with E-state index in [0.717, 1.165) is 11.1 Å². The molecule has 1 aromatic carbocycles. The Labute approximate surface area is 150 Å². The van der Waals surface area contributed by atoms with Gasteiger partial charge in [0.15, 0.2) is 0 Å². The third kappa shape index (κ3) is 3.46. The van der Waals surface area contributed by atoms with Gasteiger partial charge in [-0.05, 0) is 36.3 Å². The molecule has 2 aliphatic heterocycles. The van der Waals surface area contributed by atoms with Gasteiger partial charge in [-0.25, -0.2) is 4.79 Å². The van der Waals surface area contributed by atoms with Crippen LogP contribution in [0.4, 0.5) is 0 Å². The molecule has 3 rings (SSSR count). The van der Waals surface area contributed by atoms with Crippen LogP contribution in [-0.2, 0) is 15.9 Å². The SMILES string of the molecule is C=C(C)[C@@H]1Cc2cc(C(=O)O[C@H]3O[C@@H](CO)[C@@H](O)[C@@H](O)[C@H]3O)ccc2O1. The molecule has 0 radical (unpaired) electrons. The van der Waals surface area contributed by atoms with Gasteiger partial charge in [-0.1, -0.05) is 6.58 Å². The number of benzene rings is 1. The van der Waals surface area contributed by atoms with E-state index in [-0.39, 0.29) is 11.7 Å². The van der Waals surface area contributed by atoms with E-state index in [1.54, 1.807) is 12.1 Å². The highest BCUT2D eigenvalue weighted by Gasteiger charge is 2.45. The Hall–Kier alpha value is -1.97. The van der Waals surface area contributed by atoms with Crippen molar-refractivity contribution in [1.82, 2.24) is 0 Å². The average molecular weight is 366 g/mol. The molecule has 6 atom stereocenters. The molecule has 2 heterocycles. The van der Waals surface area contributed by atoms with E-state index in [2.05, 4.69) is 6.58 Å². The van der Waals surface area contributed by atoms with Gasteiger partial charge >= 0.3 is 5.97 Å². The molecule has 0 aliphatic carbocycles. The first-order valence-corrected chi connectivity index (χ1v) is 8.28. The zero-order valence-corrected chi connectivity index (χ0v) is 14.2. The molecule has 142 valence electrons. The van der Waals surface area contributed by atoms with Crippen LogP contribution in [0.25, 0.3) is 0 Å². The Morgan fingerprint density at radius 3 is 2.65 bits per heavy atom. The van der Waals surface area contributed by atoms with E-state index in [4.69, 9.17) is 14.2 Å². The van der Waals surface area contributed by atoms with Crippen LogP contribution in [-0.4, -0.2) is 69.8 Å². The largest absolute Gasteiger partial charge is 0.485 e. The average Bonchev–Trinajstić information content (AvgIpc) is 3.05. The van der Waals surface area contributed by atoms with Gasteiger partial charge in [-0.15, -0.1) is 0 Å². The maximum absolute atomic E-state index is 12.4. The molecule has 0 amide bonds. The first-order chi connectivity index (χ1) is 12.3. The van der Waals surface area contributed by atoms with E-state index in [1.165, 1.54) is 6.07 Å². The molecule has 4 N–H and O–H groups in total. The molecule has 2 aliphatic rings. The van der Waals surface area contributed by atoms with E-state index in [0.29, 0.717) is 12.2 Å². The fourth-order valence-electron chi connectivity index (χ4n) is 2.99. The topological polar surface area (TPSA) is 126 Å². The molecule has 0 spiro atoms. The van der Waals surface area contributed by atoms with Crippen molar-refractivity contribution in [3.8, 4) is 5.75 Å². The van der Waals surface area contributed by atoms with E-state index in [1.807, 2.05) is 6.92 Å². The first kappa shape index (κ1) is 18.8. The molecule has 1 fully saturated rings. The van der Waals surface area contributed by atoms with Crippen molar-refractivity contribution in [2.45, 2.75) is 50.2 Å². The first-order valence-electron chi connectivity index (χ1n) is 8.28. The van der Waals surface area contributed by atoms with Crippen molar-refractivity contribution in [2.75, 3.05) is 6.61 Å². The Morgan fingerprint density at radius 2 is 2.00 bits per heavy atom. The van der Waals surface area contributed by atoms with Crippen LogP contribution in [0.3, 0.4) is 0 Å². The Balaban J connectivity index is 1.71. The number of fused-ring (bicyclic) bond motifs is 1. The lowest BCUT2D eigenvalue weighted by molar-refractivity contribution is -0.285. The van der Waals surface area contributed by atoms with Gasteiger partial charge in [0.05, 0.1) is 12.2 Å². The van der Waals surface area contributed by atoms with Crippen LogP contribution in [0.5, 0.6) is 5.75 Å². The highest BCUT2D eigenvalue weighted by molar-refractivity contribution is 5.90. The second-order valence-corrected chi connectivity index (χ2v) is 6.58. The molecular formula is C18H22O8. The third-order valence-electron chi connectivity index (χ3n) is 4.59. The van der Waals surface area contributed by atoms with Gasteiger partial charge in [-0.3, -0.25) is 0 Å². The standard InChI is InChI=1S/C18H22O8/c1-8(2)12-6-10-5-9(3-4-11(10)24-12)17(23)26-18-16(22)15(21)14(20)13(7-19)25-18/h3-5,12-16,18-22H,1,6-7H2,2H3/t12-,13-,14+,15+,16+,18+/m0/s1. The van der Waals surface area contributed by atoms with E-state index in [9.17, 15) is 25.2 Å². The summed E-state index contributed by atoms with van der Waals surface area (Å²) in [5.74, 6) is -0.0988. The molecule has 1 aromatic rings. The van der Waals surface area contributed by atoms with Crippen molar-refractivity contribution < 1.29 is 39.4 Å². The van der Waals surface area contributed by atoms with Gasteiger partial charge in [0.1, 0.15) is 36.3 Å². The predicted molar refractivity (Wildman–Crippen MR) is 88.6 cm³/mol. The zero-order chi connectivity index (χ0) is 19.0. The smallest absolute Gasteiger partial charge is 0.340 e. The van der Waals surface area contributed by atoms with Crippen LogP contribution >= 0.6 is 0 Å². The van der Waals surface area contributed by atoms with E-state index < -0.39 is 43.3 Å². The molecule has 8 heteroatoms. The van der Waals surface area contributed by atoms with Crippen molar-refractivity contribution in [2.24, 2.45) is 0 Å². The number of aliphatic hydroxyl groups is 4. The number of carbonyl (C=O) groups excluding carboxylic acids is 1. The summed E-state index contributed by atoms with van der Waals surface area (Å²) in [4.78, 5) is 12.4. The van der Waals surface area contributed by atoms with Crippen molar-refractivity contribution >= 4 is 5.97 Å². The quantitative estimate of drug-likeness (QED) is 0.416. The summed E-state index contributed by atoms with van der Waals surface area (Å²) in [6.45, 7) is 5.13. The zero-order valence-electron chi connectivity index (χ0n) is 14.2. The normalized spacial score (nSPS) is 33.3. The molecule has 8 nitrogen and oxygen atoms in total. The minimum Gasteiger partial charge on any atom is -0.485 e. The molecule has 0 bridgehead atoms. The number of carbonyl (C=O) groups is 1. The molecule has 0 aromatic heterocycles. The van der Waals surface area contributed by atoms with Crippen LogP contribution < -0.4 is 4.74 Å². The second-order valence-electron chi connectivity index (χ2n) is 6.58. The molecule has 0 unspecified atom stereocenters. The summed E-state index contributed by atoms with van der Waals surface area (Å²) >= 11 is 0. The maximum atomic E-state index is 12.4. The predicted octanol–water partition coefficient (Wildman–Crippen LogP) is -0.477. The van der Waals surface area contributed by atoms with Gasteiger partial charge in [0.2, 0.25) is 6.29 Å². The third-order valence-corrected chi connectivity index (χ3v) is 4.59. The number of aliphatic hydroxyl groups excluding tert-OH is 4. The monoisotopic (exact) mass is 366 g/mol. The summed E-state index contributed by atoms with van der Waals surface area (Å²) < 4.78 is 16.0. The van der Waals surface area contributed by atoms with Gasteiger partial charge in [-0.2, -0.15) is 0 Å². The summed E-state index contributed by atoms with van der Waals surface area (Å²) in [5.41, 5.74) is 1.94. The number of ether oxygens (including phenoxy) is 3. The highest BCUT2D eigenvalue weighted by Crippen LogP contribution is 2.32. The summed E-state index contributed by atoms with van der Waals surface area (Å²) in [6.07, 6.45) is -6.96.